The molecule has 3 rings (SSSR count). The molecular weight excluding hydrogens is 345 g/mol. The van der Waals surface area contributed by atoms with Crippen LogP contribution in [0.5, 0.6) is 0 Å². The van der Waals surface area contributed by atoms with Gasteiger partial charge in [0.15, 0.2) is 5.76 Å². The summed E-state index contributed by atoms with van der Waals surface area (Å²) in [7, 11) is 0. The zero-order valence-electron chi connectivity index (χ0n) is 16.1. The van der Waals surface area contributed by atoms with Crippen LogP contribution in [0.15, 0.2) is 34.9 Å². The van der Waals surface area contributed by atoms with Gasteiger partial charge >= 0.3 is 0 Å². The molecule has 0 aliphatic carbocycles. The molecule has 1 amide bonds. The molecule has 2 atom stereocenters. The number of rotatable bonds is 7. The number of hydrogen-bond acceptors (Lipinski definition) is 4. The molecular formula is C21H28FN3O2. The maximum Gasteiger partial charge on any atom is 0.222 e. The van der Waals surface area contributed by atoms with Crippen molar-refractivity contribution in [3.8, 4) is 11.3 Å². The fraction of sp³-hybridized carbons (Fsp3) is 0.524. The lowest BCUT2D eigenvalue weighted by molar-refractivity contribution is -0.132. The van der Waals surface area contributed by atoms with E-state index in [9.17, 15) is 9.18 Å². The zero-order valence-corrected chi connectivity index (χ0v) is 16.1. The molecule has 5 nitrogen and oxygen atoms in total. The van der Waals surface area contributed by atoms with Gasteiger partial charge in [0, 0.05) is 31.1 Å². The molecule has 146 valence electrons. The zero-order chi connectivity index (χ0) is 19.2. The van der Waals surface area contributed by atoms with Crippen LogP contribution >= 0.6 is 0 Å². The van der Waals surface area contributed by atoms with E-state index in [0.29, 0.717) is 24.0 Å². The molecule has 1 N–H and O–H groups in total. The van der Waals surface area contributed by atoms with Gasteiger partial charge in [-0.05, 0) is 75.9 Å². The molecule has 0 radical (unpaired) electrons. The largest absolute Gasteiger partial charge is 0.356 e. The molecule has 1 fully saturated rings. The molecule has 2 aromatic rings. The normalized spacial score (nSPS) is 19.8. The van der Waals surface area contributed by atoms with Gasteiger partial charge in [0.25, 0.3) is 0 Å². The molecule has 1 aromatic heterocycles. The van der Waals surface area contributed by atoms with Crippen LogP contribution in [0.3, 0.4) is 0 Å². The molecule has 27 heavy (non-hydrogen) atoms. The average molecular weight is 373 g/mol. The molecule has 1 saturated heterocycles. The Labute approximate surface area is 159 Å². The lowest BCUT2D eigenvalue weighted by Gasteiger charge is -2.32. The summed E-state index contributed by atoms with van der Waals surface area (Å²) >= 11 is 0. The second kappa shape index (κ2) is 9.13. The van der Waals surface area contributed by atoms with Crippen molar-refractivity contribution in [1.82, 2.24) is 15.4 Å². The quantitative estimate of drug-likeness (QED) is 0.807. The summed E-state index contributed by atoms with van der Waals surface area (Å²) in [6.07, 6.45) is 2.37. The Morgan fingerprint density at radius 1 is 1.26 bits per heavy atom. The predicted octanol–water partition coefficient (Wildman–Crippen LogP) is 3.51. The fourth-order valence-electron chi connectivity index (χ4n) is 3.84. The van der Waals surface area contributed by atoms with E-state index in [1.807, 2.05) is 24.8 Å². The number of nitrogens with one attached hydrogen (secondary N) is 1. The minimum absolute atomic E-state index is 0.240. The van der Waals surface area contributed by atoms with Gasteiger partial charge < -0.3 is 14.7 Å². The number of carbonyl (C=O) groups excluding carboxylic acids is 1. The number of benzene rings is 1. The van der Waals surface area contributed by atoms with Gasteiger partial charge in [-0.3, -0.25) is 4.79 Å². The van der Waals surface area contributed by atoms with Crippen molar-refractivity contribution in [1.29, 1.82) is 0 Å². The van der Waals surface area contributed by atoms with Gasteiger partial charge in [0.05, 0.1) is 5.69 Å². The molecule has 1 aliphatic rings. The minimum Gasteiger partial charge on any atom is -0.356 e. The molecule has 2 heterocycles. The van der Waals surface area contributed by atoms with Crippen molar-refractivity contribution in [2.24, 2.45) is 11.8 Å². The number of halogens is 1. The van der Waals surface area contributed by atoms with Crippen LogP contribution in [0.2, 0.25) is 0 Å². The van der Waals surface area contributed by atoms with Crippen molar-refractivity contribution >= 4 is 5.91 Å². The monoisotopic (exact) mass is 373 g/mol. The van der Waals surface area contributed by atoms with E-state index in [-0.39, 0.29) is 11.7 Å². The van der Waals surface area contributed by atoms with Crippen LogP contribution in [-0.4, -0.2) is 42.1 Å². The first-order valence-electron chi connectivity index (χ1n) is 9.80. The van der Waals surface area contributed by atoms with Crippen LogP contribution in [0.4, 0.5) is 4.39 Å². The third-order valence-electron chi connectivity index (χ3n) is 5.48. The highest BCUT2D eigenvalue weighted by Gasteiger charge is 2.29. The number of amides is 1. The van der Waals surface area contributed by atoms with Crippen molar-refractivity contribution in [3.63, 3.8) is 0 Å². The highest BCUT2D eigenvalue weighted by molar-refractivity contribution is 5.76. The van der Waals surface area contributed by atoms with Gasteiger partial charge in [0.2, 0.25) is 5.91 Å². The van der Waals surface area contributed by atoms with E-state index in [1.165, 1.54) is 12.1 Å². The number of aromatic nitrogens is 1. The summed E-state index contributed by atoms with van der Waals surface area (Å²) in [5, 5.41) is 7.63. The second-order valence-corrected chi connectivity index (χ2v) is 7.18. The van der Waals surface area contributed by atoms with E-state index in [2.05, 4.69) is 10.5 Å². The predicted molar refractivity (Wildman–Crippen MR) is 103 cm³/mol. The molecule has 0 saturated carbocycles. The molecule has 0 bridgehead atoms. The SMILES string of the molecule is CCN(CC)C(=O)C[C@@H]1CCNC[C@@H]1Cc1cc(-c2ccc(F)cc2)on1. The van der Waals surface area contributed by atoms with E-state index in [1.54, 1.807) is 12.1 Å². The van der Waals surface area contributed by atoms with Crippen molar-refractivity contribution in [2.45, 2.75) is 33.1 Å². The van der Waals surface area contributed by atoms with Gasteiger partial charge in [-0.25, -0.2) is 4.39 Å². The van der Waals surface area contributed by atoms with E-state index < -0.39 is 0 Å². The van der Waals surface area contributed by atoms with Crippen molar-refractivity contribution in [3.05, 3.63) is 41.8 Å². The van der Waals surface area contributed by atoms with Crippen LogP contribution in [0.1, 0.15) is 32.4 Å². The molecule has 1 aromatic carbocycles. The average Bonchev–Trinajstić information content (AvgIpc) is 3.13. The Balaban J connectivity index is 1.66. The lowest BCUT2D eigenvalue weighted by atomic mass is 9.81. The smallest absolute Gasteiger partial charge is 0.222 e. The van der Waals surface area contributed by atoms with Gasteiger partial charge in [-0.2, -0.15) is 0 Å². The Bertz CT molecular complexity index is 740. The number of carbonyl (C=O) groups is 1. The third kappa shape index (κ3) is 4.95. The van der Waals surface area contributed by atoms with Crippen LogP contribution in [-0.2, 0) is 11.2 Å². The third-order valence-corrected chi connectivity index (χ3v) is 5.48. The summed E-state index contributed by atoms with van der Waals surface area (Å²) in [6.45, 7) is 7.40. The Morgan fingerprint density at radius 2 is 2.00 bits per heavy atom. The topological polar surface area (TPSA) is 58.4 Å². The second-order valence-electron chi connectivity index (χ2n) is 7.18. The first-order valence-corrected chi connectivity index (χ1v) is 9.80. The highest BCUT2D eigenvalue weighted by Crippen LogP contribution is 2.28. The van der Waals surface area contributed by atoms with Gasteiger partial charge in [-0.15, -0.1) is 0 Å². The summed E-state index contributed by atoms with van der Waals surface area (Å²) in [5.74, 6) is 1.32. The maximum absolute atomic E-state index is 13.1. The summed E-state index contributed by atoms with van der Waals surface area (Å²) in [5.41, 5.74) is 1.69. The fourth-order valence-corrected chi connectivity index (χ4v) is 3.84. The highest BCUT2D eigenvalue weighted by atomic mass is 19.1. The van der Waals surface area contributed by atoms with Crippen LogP contribution in [0.25, 0.3) is 11.3 Å². The Kier molecular flexibility index (Phi) is 6.61. The molecule has 0 unspecified atom stereocenters. The van der Waals surface area contributed by atoms with E-state index >= 15 is 0 Å². The summed E-state index contributed by atoms with van der Waals surface area (Å²) in [6, 6.07) is 8.13. The summed E-state index contributed by atoms with van der Waals surface area (Å²) in [4.78, 5) is 14.4. The van der Waals surface area contributed by atoms with Crippen molar-refractivity contribution in [2.75, 3.05) is 26.2 Å². The van der Waals surface area contributed by atoms with Crippen LogP contribution < -0.4 is 5.32 Å². The van der Waals surface area contributed by atoms with E-state index in [4.69, 9.17) is 4.52 Å². The standard InChI is InChI=1S/C21H28FN3O2/c1-3-25(4-2)21(26)12-16-9-10-23-14-17(16)11-19-13-20(27-24-19)15-5-7-18(22)8-6-15/h5-8,13,16-17,23H,3-4,9-12,14H2,1-2H3/t16-,17-/m0/s1. The maximum atomic E-state index is 13.1. The number of piperidine rings is 1. The van der Waals surface area contributed by atoms with E-state index in [0.717, 1.165) is 50.3 Å². The molecule has 1 aliphatic heterocycles. The Hall–Kier alpha value is -2.21. The molecule has 6 heteroatoms. The lowest BCUT2D eigenvalue weighted by Crippen LogP contribution is -2.41. The number of nitrogens with zero attached hydrogens (tertiary/aromatic N) is 2. The van der Waals surface area contributed by atoms with Crippen molar-refractivity contribution < 1.29 is 13.7 Å². The van der Waals surface area contributed by atoms with Crippen LogP contribution in [0, 0.1) is 17.7 Å². The first-order chi connectivity index (χ1) is 13.1. The van der Waals surface area contributed by atoms with Gasteiger partial charge in [0.1, 0.15) is 5.82 Å². The minimum atomic E-state index is -0.271. The van der Waals surface area contributed by atoms with Gasteiger partial charge in [-0.1, -0.05) is 5.16 Å². The number of hydrogen-bond donors (Lipinski definition) is 1. The first kappa shape index (κ1) is 19.5. The molecule has 0 spiro atoms. The summed E-state index contributed by atoms with van der Waals surface area (Å²) < 4.78 is 18.5. The Morgan fingerprint density at radius 3 is 2.70 bits per heavy atom.